The fourth-order valence-corrected chi connectivity index (χ4v) is 3.91. The quantitative estimate of drug-likeness (QED) is 0.723. The highest BCUT2D eigenvalue weighted by Crippen LogP contribution is 2.37. The van der Waals surface area contributed by atoms with Crippen molar-refractivity contribution in [3.63, 3.8) is 0 Å². The van der Waals surface area contributed by atoms with Gasteiger partial charge in [-0.05, 0) is 24.5 Å². The van der Waals surface area contributed by atoms with Crippen LogP contribution in [0.25, 0.3) is 5.57 Å². The highest BCUT2D eigenvalue weighted by Gasteiger charge is 2.38. The van der Waals surface area contributed by atoms with Gasteiger partial charge in [0, 0.05) is 12.3 Å². The largest absolute Gasteiger partial charge is 0.274 e. The molecule has 4 heteroatoms. The highest BCUT2D eigenvalue weighted by atomic mass is 32.2. The molecule has 0 unspecified atom stereocenters. The number of benzene rings is 2. The maximum Gasteiger partial charge on any atom is 0.267 e. The summed E-state index contributed by atoms with van der Waals surface area (Å²) in [6.07, 6.45) is 0.759. The third kappa shape index (κ3) is 3.69. The van der Waals surface area contributed by atoms with Crippen LogP contribution in [0.3, 0.4) is 0 Å². The number of carbonyl (C=O) groups is 2. The molecule has 0 bridgehead atoms. The normalized spacial score (nSPS) is 14.6. The SMILES string of the molecule is CCCN1C(=O)C(SCc2ccccc2)=C(c2ccc(C)cc2)C1=O. The Bertz CT molecular complexity index is 810. The van der Waals surface area contributed by atoms with Crippen LogP contribution >= 0.6 is 11.8 Å². The number of aryl methyl sites for hydroxylation is 1. The Morgan fingerprint density at radius 3 is 2.24 bits per heavy atom. The maximum absolute atomic E-state index is 12.8. The van der Waals surface area contributed by atoms with Gasteiger partial charge < -0.3 is 0 Å². The third-order valence-corrected chi connectivity index (χ3v) is 5.28. The molecule has 2 aromatic carbocycles. The van der Waals surface area contributed by atoms with Gasteiger partial charge in [-0.15, -0.1) is 11.8 Å². The van der Waals surface area contributed by atoms with E-state index in [4.69, 9.17) is 0 Å². The molecule has 2 aromatic rings. The van der Waals surface area contributed by atoms with Gasteiger partial charge in [0.25, 0.3) is 11.8 Å². The van der Waals surface area contributed by atoms with Crippen LogP contribution in [0.2, 0.25) is 0 Å². The van der Waals surface area contributed by atoms with Crippen LogP contribution in [-0.2, 0) is 15.3 Å². The van der Waals surface area contributed by atoms with E-state index >= 15 is 0 Å². The summed E-state index contributed by atoms with van der Waals surface area (Å²) in [6, 6.07) is 17.8. The smallest absolute Gasteiger partial charge is 0.267 e. The molecule has 2 amide bonds. The lowest BCUT2D eigenvalue weighted by atomic mass is 10.0. The van der Waals surface area contributed by atoms with E-state index < -0.39 is 0 Å². The van der Waals surface area contributed by atoms with E-state index in [0.717, 1.165) is 23.1 Å². The molecule has 0 aromatic heterocycles. The molecule has 1 aliphatic heterocycles. The van der Waals surface area contributed by atoms with Crippen molar-refractivity contribution in [2.75, 3.05) is 6.54 Å². The Morgan fingerprint density at radius 1 is 0.920 bits per heavy atom. The molecule has 1 aliphatic rings. The van der Waals surface area contributed by atoms with Gasteiger partial charge >= 0.3 is 0 Å². The second-order valence-corrected chi connectivity index (χ2v) is 7.09. The van der Waals surface area contributed by atoms with Crippen LogP contribution in [0.4, 0.5) is 0 Å². The standard InChI is InChI=1S/C21H21NO2S/c1-3-13-22-20(23)18(17-11-9-15(2)10-12-17)19(21(22)24)25-14-16-7-5-4-6-8-16/h4-12H,3,13-14H2,1-2H3. The van der Waals surface area contributed by atoms with Crippen molar-refractivity contribution in [2.45, 2.75) is 26.0 Å². The molecule has 0 spiro atoms. The van der Waals surface area contributed by atoms with Gasteiger partial charge in [-0.2, -0.15) is 0 Å². The summed E-state index contributed by atoms with van der Waals surface area (Å²) in [5, 5.41) is 0. The van der Waals surface area contributed by atoms with Gasteiger partial charge in [-0.1, -0.05) is 67.1 Å². The predicted molar refractivity (Wildman–Crippen MR) is 103 cm³/mol. The van der Waals surface area contributed by atoms with Crippen molar-refractivity contribution >= 4 is 29.1 Å². The summed E-state index contributed by atoms with van der Waals surface area (Å²) in [5.74, 6) is 0.333. The number of rotatable bonds is 6. The maximum atomic E-state index is 12.8. The lowest BCUT2D eigenvalue weighted by Gasteiger charge is -2.13. The zero-order chi connectivity index (χ0) is 17.8. The fourth-order valence-electron chi connectivity index (χ4n) is 2.82. The molecule has 0 radical (unpaired) electrons. The second-order valence-electron chi connectivity index (χ2n) is 6.11. The molecule has 3 rings (SSSR count). The van der Waals surface area contributed by atoms with E-state index in [2.05, 4.69) is 0 Å². The van der Waals surface area contributed by atoms with Crippen LogP contribution in [0.1, 0.15) is 30.0 Å². The van der Waals surface area contributed by atoms with Gasteiger partial charge in [0.1, 0.15) is 0 Å². The minimum Gasteiger partial charge on any atom is -0.274 e. The average Bonchev–Trinajstić information content (AvgIpc) is 2.86. The van der Waals surface area contributed by atoms with E-state index in [9.17, 15) is 9.59 Å². The fraction of sp³-hybridized carbons (Fsp3) is 0.238. The number of carbonyl (C=O) groups excluding carboxylic acids is 2. The lowest BCUT2D eigenvalue weighted by Crippen LogP contribution is -2.32. The molecule has 0 fully saturated rings. The van der Waals surface area contributed by atoms with Crippen molar-refractivity contribution in [3.8, 4) is 0 Å². The molecule has 1 heterocycles. The molecule has 0 aliphatic carbocycles. The van der Waals surface area contributed by atoms with Gasteiger partial charge in [-0.3, -0.25) is 14.5 Å². The number of hydrogen-bond acceptors (Lipinski definition) is 3. The lowest BCUT2D eigenvalue weighted by molar-refractivity contribution is -0.136. The number of hydrogen-bond donors (Lipinski definition) is 0. The Morgan fingerprint density at radius 2 is 1.60 bits per heavy atom. The Hall–Kier alpha value is -2.33. The monoisotopic (exact) mass is 351 g/mol. The molecule has 0 N–H and O–H groups in total. The first-order valence-electron chi connectivity index (χ1n) is 8.46. The summed E-state index contributed by atoms with van der Waals surface area (Å²) < 4.78 is 0. The Kier molecular flexibility index (Phi) is 5.39. The average molecular weight is 351 g/mol. The summed E-state index contributed by atoms with van der Waals surface area (Å²) in [5.41, 5.74) is 3.62. The van der Waals surface area contributed by atoms with E-state index in [-0.39, 0.29) is 11.8 Å². The summed E-state index contributed by atoms with van der Waals surface area (Å²) in [7, 11) is 0. The minimum absolute atomic E-state index is 0.164. The molecule has 0 saturated heterocycles. The van der Waals surface area contributed by atoms with E-state index in [1.54, 1.807) is 0 Å². The van der Waals surface area contributed by atoms with E-state index in [0.29, 0.717) is 22.8 Å². The van der Waals surface area contributed by atoms with Crippen LogP contribution in [-0.4, -0.2) is 23.3 Å². The number of amides is 2. The summed E-state index contributed by atoms with van der Waals surface area (Å²) >= 11 is 1.45. The zero-order valence-electron chi connectivity index (χ0n) is 14.5. The molecule has 0 atom stereocenters. The van der Waals surface area contributed by atoms with Crippen molar-refractivity contribution < 1.29 is 9.59 Å². The number of imide groups is 1. The summed E-state index contributed by atoms with van der Waals surface area (Å²) in [4.78, 5) is 27.6. The molecular formula is C21H21NO2S. The summed E-state index contributed by atoms with van der Waals surface area (Å²) in [6.45, 7) is 4.44. The minimum atomic E-state index is -0.175. The molecule has 3 nitrogen and oxygen atoms in total. The molecule has 25 heavy (non-hydrogen) atoms. The van der Waals surface area contributed by atoms with Crippen molar-refractivity contribution in [1.29, 1.82) is 0 Å². The topological polar surface area (TPSA) is 37.4 Å². The first-order chi connectivity index (χ1) is 12.1. The Balaban J connectivity index is 1.95. The van der Waals surface area contributed by atoms with Gasteiger partial charge in [0.15, 0.2) is 0 Å². The molecule has 128 valence electrons. The van der Waals surface area contributed by atoms with Gasteiger partial charge in [-0.25, -0.2) is 0 Å². The first-order valence-corrected chi connectivity index (χ1v) is 9.44. The van der Waals surface area contributed by atoms with Crippen LogP contribution in [0, 0.1) is 6.92 Å². The number of thioether (sulfide) groups is 1. The van der Waals surface area contributed by atoms with E-state index in [1.165, 1.54) is 16.7 Å². The van der Waals surface area contributed by atoms with Gasteiger partial charge in [0.2, 0.25) is 0 Å². The van der Waals surface area contributed by atoms with Crippen LogP contribution < -0.4 is 0 Å². The Labute approximate surface area is 152 Å². The molecular weight excluding hydrogens is 330 g/mol. The first kappa shape index (κ1) is 17.5. The van der Waals surface area contributed by atoms with Crippen molar-refractivity contribution in [2.24, 2.45) is 0 Å². The second kappa shape index (κ2) is 7.70. The number of nitrogens with zero attached hydrogens (tertiary/aromatic N) is 1. The highest BCUT2D eigenvalue weighted by molar-refractivity contribution is 8.03. The van der Waals surface area contributed by atoms with Crippen LogP contribution in [0.5, 0.6) is 0 Å². The van der Waals surface area contributed by atoms with E-state index in [1.807, 2.05) is 68.4 Å². The van der Waals surface area contributed by atoms with Gasteiger partial charge in [0.05, 0.1) is 10.5 Å². The molecule has 0 saturated carbocycles. The van der Waals surface area contributed by atoms with Crippen LogP contribution in [0.15, 0.2) is 59.5 Å². The third-order valence-electron chi connectivity index (χ3n) is 4.14. The predicted octanol–water partition coefficient (Wildman–Crippen LogP) is 4.42. The zero-order valence-corrected chi connectivity index (χ0v) is 15.3. The van der Waals surface area contributed by atoms with Crippen molar-refractivity contribution in [1.82, 2.24) is 4.90 Å². The van der Waals surface area contributed by atoms with Crippen molar-refractivity contribution in [3.05, 3.63) is 76.2 Å².